The average molecular weight is 854 g/mol. The average Bonchev–Trinajstić information content (AvgIpc) is 3.40. The number of rotatable bonds is 25. The second-order valence-corrected chi connectivity index (χ2v) is 18.1. The second kappa shape index (κ2) is 24.6. The van der Waals surface area contributed by atoms with E-state index in [1.165, 1.54) is 44.9 Å². The van der Waals surface area contributed by atoms with Gasteiger partial charge in [-0.15, -0.1) is 0 Å². The van der Waals surface area contributed by atoms with E-state index < -0.39 is 29.2 Å². The molecule has 8 N–H and O–H groups in total. The second-order valence-electron chi connectivity index (χ2n) is 18.1. The lowest BCUT2D eigenvalue weighted by molar-refractivity contribution is -0.690. The Morgan fingerprint density at radius 3 is 2.25 bits per heavy atom. The molecule has 0 radical (unpaired) electrons. The van der Waals surface area contributed by atoms with Gasteiger partial charge in [0.1, 0.15) is 0 Å². The van der Waals surface area contributed by atoms with Crippen molar-refractivity contribution >= 4 is 17.8 Å². The van der Waals surface area contributed by atoms with Gasteiger partial charge in [0.05, 0.1) is 31.0 Å². The fourth-order valence-electron chi connectivity index (χ4n) is 10.3. The molecule has 13 nitrogen and oxygen atoms in total. The molecular weight excluding hydrogens is 772 g/mol. The van der Waals surface area contributed by atoms with Gasteiger partial charge < -0.3 is 53.2 Å². The number of aliphatic hydroxyl groups is 2. The molecule has 340 valence electrons. The number of ether oxygens (including phenoxy) is 3. The maximum Gasteiger partial charge on any atom is 0.353 e. The molecule has 0 aromatic heterocycles. The normalized spacial score (nSPS) is 30.3. The van der Waals surface area contributed by atoms with Crippen molar-refractivity contribution < 1.29 is 51.0 Å². The summed E-state index contributed by atoms with van der Waals surface area (Å²) in [6, 6.07) is 0.0462. The Bertz CT molecular complexity index is 1360. The number of carbonyl (C=O) groups excluding carboxylic acids is 2. The van der Waals surface area contributed by atoms with Gasteiger partial charge in [0.15, 0.2) is 11.6 Å². The SMILES string of the molecule is CC[C@H]1C=CCC[C@]2(C[C@H]3CC[C@]4(O)[C@H](C(=O)OCCCCCCCCCCCCCCCC(=O)N(CCCN)C[C@@H](O)CCN)[C@@]5(CCC[C@@H](C)O5)NC(=[N+]34)N2)O1.[Cl-]. The lowest BCUT2D eigenvalue weighted by Gasteiger charge is -2.52. The Labute approximate surface area is 361 Å². The molecule has 0 saturated carbocycles. The van der Waals surface area contributed by atoms with Crippen LogP contribution >= 0.6 is 0 Å². The van der Waals surface area contributed by atoms with E-state index in [1.807, 2.05) is 4.58 Å². The maximum absolute atomic E-state index is 14.1. The Balaban J connectivity index is 0.00000769. The van der Waals surface area contributed by atoms with E-state index in [-0.39, 0.29) is 42.5 Å². The summed E-state index contributed by atoms with van der Waals surface area (Å²) in [5.74, 6) is -0.378. The maximum atomic E-state index is 14.1. The molecule has 0 bridgehead atoms. The van der Waals surface area contributed by atoms with Crippen LogP contribution in [0.4, 0.5) is 0 Å². The molecule has 1 amide bonds. The fourth-order valence-corrected chi connectivity index (χ4v) is 10.3. The van der Waals surface area contributed by atoms with Crippen LogP contribution in [-0.2, 0) is 23.8 Å². The molecule has 5 aliphatic rings. The van der Waals surface area contributed by atoms with Gasteiger partial charge in [0, 0.05) is 45.2 Å². The van der Waals surface area contributed by atoms with E-state index in [9.17, 15) is 19.8 Å². The van der Waals surface area contributed by atoms with Crippen molar-refractivity contribution in [2.45, 2.75) is 216 Å². The zero-order chi connectivity index (χ0) is 41.4. The van der Waals surface area contributed by atoms with Crippen LogP contribution in [0.5, 0.6) is 0 Å². The van der Waals surface area contributed by atoms with Gasteiger partial charge in [0.2, 0.25) is 17.4 Å². The Hall–Kier alpha value is -2.00. The number of hydrogen-bond acceptors (Lipinski definition) is 11. The Morgan fingerprint density at radius 2 is 1.61 bits per heavy atom. The Morgan fingerprint density at radius 1 is 0.932 bits per heavy atom. The first-order chi connectivity index (χ1) is 28.1. The lowest BCUT2D eigenvalue weighted by atomic mass is 9.78. The molecule has 2 saturated heterocycles. The van der Waals surface area contributed by atoms with Crippen molar-refractivity contribution in [3.05, 3.63) is 12.2 Å². The highest BCUT2D eigenvalue weighted by atomic mass is 35.5. The van der Waals surface area contributed by atoms with Crippen LogP contribution < -0.4 is 34.5 Å². The van der Waals surface area contributed by atoms with Gasteiger partial charge in [-0.05, 0) is 77.8 Å². The number of amides is 1. The van der Waals surface area contributed by atoms with Crippen molar-refractivity contribution in [2.75, 3.05) is 32.8 Å². The summed E-state index contributed by atoms with van der Waals surface area (Å²) in [5, 5.41) is 30.1. The van der Waals surface area contributed by atoms with Crippen LogP contribution in [0.3, 0.4) is 0 Å². The minimum atomic E-state index is -1.40. The number of nitrogens with one attached hydrogen (secondary N) is 2. The molecule has 2 spiro atoms. The molecule has 59 heavy (non-hydrogen) atoms. The van der Waals surface area contributed by atoms with Crippen molar-refractivity contribution in [2.24, 2.45) is 17.4 Å². The van der Waals surface area contributed by atoms with Gasteiger partial charge in [-0.2, -0.15) is 0 Å². The number of halogens is 1. The summed E-state index contributed by atoms with van der Waals surface area (Å²) >= 11 is 0. The number of guanidine groups is 1. The predicted molar refractivity (Wildman–Crippen MR) is 227 cm³/mol. The number of nitrogens with two attached hydrogens (primary N) is 2. The molecule has 2 fully saturated rings. The number of aliphatic hydroxyl groups excluding tert-OH is 1. The van der Waals surface area contributed by atoms with Gasteiger partial charge in [-0.25, -0.2) is 15.2 Å². The Kier molecular flexibility index (Phi) is 20.7. The highest BCUT2D eigenvalue weighted by Crippen LogP contribution is 2.50. The molecule has 0 unspecified atom stereocenters. The highest BCUT2D eigenvalue weighted by molar-refractivity contribution is 5.82. The van der Waals surface area contributed by atoms with E-state index in [1.54, 1.807) is 4.90 Å². The highest BCUT2D eigenvalue weighted by Gasteiger charge is 2.71. The van der Waals surface area contributed by atoms with Crippen LogP contribution in [-0.4, -0.2) is 112 Å². The molecule has 5 heterocycles. The first-order valence-electron chi connectivity index (χ1n) is 23.6. The quantitative estimate of drug-likeness (QED) is 0.0344. The van der Waals surface area contributed by atoms with Crippen LogP contribution in [0.15, 0.2) is 12.2 Å². The van der Waals surface area contributed by atoms with Crippen molar-refractivity contribution in [3.63, 3.8) is 0 Å². The van der Waals surface area contributed by atoms with Gasteiger partial charge in [-0.3, -0.25) is 9.59 Å². The minimum absolute atomic E-state index is 0. The fraction of sp³-hybridized carbons (Fsp3) is 0.889. The van der Waals surface area contributed by atoms with Crippen LogP contribution in [0.2, 0.25) is 0 Å². The molecule has 5 aliphatic heterocycles. The largest absolute Gasteiger partial charge is 1.00 e. The van der Waals surface area contributed by atoms with E-state index in [4.69, 9.17) is 25.7 Å². The zero-order valence-corrected chi connectivity index (χ0v) is 37.4. The molecule has 0 aliphatic carbocycles. The van der Waals surface area contributed by atoms with Gasteiger partial charge in [-0.1, -0.05) is 89.7 Å². The van der Waals surface area contributed by atoms with E-state index >= 15 is 0 Å². The molecular formula is C45H81ClN6O7. The van der Waals surface area contributed by atoms with Crippen molar-refractivity contribution in [1.29, 1.82) is 0 Å². The summed E-state index contributed by atoms with van der Waals surface area (Å²) in [5.41, 5.74) is 8.22. The predicted octanol–water partition coefficient (Wildman–Crippen LogP) is 2.44. The molecule has 8 atom stereocenters. The minimum Gasteiger partial charge on any atom is -1.00 e. The van der Waals surface area contributed by atoms with Gasteiger partial charge in [0.25, 0.3) is 0 Å². The first kappa shape index (κ1) is 49.7. The third-order valence-electron chi connectivity index (χ3n) is 13.4. The molecule has 14 heteroatoms. The summed E-state index contributed by atoms with van der Waals surface area (Å²) in [4.78, 5) is 28.6. The monoisotopic (exact) mass is 853 g/mol. The summed E-state index contributed by atoms with van der Waals surface area (Å²) < 4.78 is 21.5. The van der Waals surface area contributed by atoms with Crippen LogP contribution in [0.25, 0.3) is 0 Å². The van der Waals surface area contributed by atoms with E-state index in [0.717, 1.165) is 95.9 Å². The number of allylic oxidation sites excluding steroid dienone is 1. The third kappa shape index (κ3) is 13.5. The number of nitrogens with zero attached hydrogens (tertiary/aromatic N) is 2. The van der Waals surface area contributed by atoms with Crippen LogP contribution in [0, 0.1) is 5.92 Å². The molecule has 0 aromatic carbocycles. The molecule has 0 aromatic rings. The number of carbonyl (C=O) groups is 2. The van der Waals surface area contributed by atoms with Crippen molar-refractivity contribution in [1.82, 2.24) is 15.5 Å². The number of esters is 1. The smallest absolute Gasteiger partial charge is 0.353 e. The standard InChI is InChI=1S/C45H80N6O7.ClH/c1-3-38-22-16-17-26-43(58-38)33-36-24-28-45(55)40(44(27-19-21-35(2)57-44)49-42(48-43)51(36)45)41(54)56-32-18-14-12-10-8-6-4-5-7-9-11-13-15-23-39(53)50(31-20-29-46)34-37(52)25-30-47;/h16,22,35-38,40,52,55H,3-15,17-21,23-34,46-47H2,1-2H3,(H,48,49);1H/t35-,36-,37+,38+,40-,43-,44+,45+;/m1./s1. The molecule has 5 rings (SSSR count). The van der Waals surface area contributed by atoms with Crippen LogP contribution in [0.1, 0.15) is 174 Å². The number of hydrogen-bond donors (Lipinski definition) is 6. The summed E-state index contributed by atoms with van der Waals surface area (Å²) in [7, 11) is 0. The topological polar surface area (TPSA) is 185 Å². The van der Waals surface area contributed by atoms with E-state index in [0.29, 0.717) is 58.5 Å². The zero-order valence-electron chi connectivity index (χ0n) is 36.6. The third-order valence-corrected chi connectivity index (χ3v) is 13.4. The van der Waals surface area contributed by atoms with Crippen molar-refractivity contribution in [3.8, 4) is 0 Å². The summed E-state index contributed by atoms with van der Waals surface area (Å²) in [6.07, 6.45) is 27.4. The number of unbranched alkanes of at least 4 members (excludes halogenated alkanes) is 12. The van der Waals surface area contributed by atoms with E-state index in [2.05, 4.69) is 36.6 Å². The first-order valence-corrected chi connectivity index (χ1v) is 23.6. The van der Waals surface area contributed by atoms with Gasteiger partial charge >= 0.3 is 11.9 Å². The summed E-state index contributed by atoms with van der Waals surface area (Å²) in [6.45, 7) is 6.46. The lowest BCUT2D eigenvalue weighted by Crippen LogP contribution is -3.00.